The molecule has 0 unspecified atom stereocenters. The van der Waals surface area contributed by atoms with E-state index in [0.717, 1.165) is 18.9 Å². The Hall–Kier alpha value is -1.06. The Morgan fingerprint density at radius 2 is 1.87 bits per heavy atom. The highest BCUT2D eigenvalue weighted by atomic mass is 16.5. The third-order valence-electron chi connectivity index (χ3n) is 2.37. The zero-order valence-electron chi connectivity index (χ0n) is 9.62. The van der Waals surface area contributed by atoms with Gasteiger partial charge in [-0.15, -0.1) is 0 Å². The monoisotopic (exact) mass is 209 g/mol. The van der Waals surface area contributed by atoms with Crippen LogP contribution in [0.15, 0.2) is 24.3 Å². The average molecular weight is 209 g/mol. The number of nitrogens with one attached hydrogen (secondary N) is 1. The number of methoxy groups -OCH3 is 2. The Kier molecular flexibility index (Phi) is 5.15. The summed E-state index contributed by atoms with van der Waals surface area (Å²) in [5.74, 6) is 0.892. The van der Waals surface area contributed by atoms with Gasteiger partial charge in [-0.05, 0) is 24.6 Å². The van der Waals surface area contributed by atoms with Crippen molar-refractivity contribution in [1.82, 2.24) is 5.32 Å². The zero-order valence-corrected chi connectivity index (χ0v) is 9.62. The Balaban J connectivity index is 2.46. The largest absolute Gasteiger partial charge is 0.497 e. The summed E-state index contributed by atoms with van der Waals surface area (Å²) in [6, 6.07) is 8.44. The molecule has 0 radical (unpaired) electrons. The topological polar surface area (TPSA) is 30.5 Å². The van der Waals surface area contributed by atoms with Crippen molar-refractivity contribution >= 4 is 0 Å². The van der Waals surface area contributed by atoms with Crippen LogP contribution in [-0.4, -0.2) is 27.4 Å². The van der Waals surface area contributed by atoms with Crippen molar-refractivity contribution in [2.45, 2.75) is 13.0 Å². The number of hydrogen-bond donors (Lipinski definition) is 1. The molecule has 0 saturated heterocycles. The second-order valence-corrected chi connectivity index (χ2v) is 3.44. The molecule has 0 fully saturated rings. The predicted octanol–water partition coefficient (Wildman–Crippen LogP) is 1.99. The third-order valence-corrected chi connectivity index (χ3v) is 2.37. The van der Waals surface area contributed by atoms with Crippen LogP contribution in [0.3, 0.4) is 0 Å². The molecule has 1 atom stereocenters. The molecule has 3 heteroatoms. The molecular formula is C12H19NO2. The van der Waals surface area contributed by atoms with Gasteiger partial charge in [0.25, 0.3) is 0 Å². The van der Waals surface area contributed by atoms with E-state index in [4.69, 9.17) is 9.47 Å². The smallest absolute Gasteiger partial charge is 0.118 e. The molecule has 0 amide bonds. The van der Waals surface area contributed by atoms with Crippen molar-refractivity contribution in [3.8, 4) is 5.75 Å². The van der Waals surface area contributed by atoms with Gasteiger partial charge in [-0.25, -0.2) is 0 Å². The summed E-state index contributed by atoms with van der Waals surface area (Å²) in [6.45, 7) is 3.74. The van der Waals surface area contributed by atoms with E-state index in [0.29, 0.717) is 6.04 Å². The minimum absolute atomic E-state index is 0.339. The lowest BCUT2D eigenvalue weighted by Gasteiger charge is -2.14. The number of ether oxygens (including phenoxy) is 2. The quantitative estimate of drug-likeness (QED) is 0.727. The molecule has 3 nitrogen and oxygen atoms in total. The average Bonchev–Trinajstić information content (AvgIpc) is 2.29. The van der Waals surface area contributed by atoms with Gasteiger partial charge in [0.05, 0.1) is 13.7 Å². The van der Waals surface area contributed by atoms with Crippen molar-refractivity contribution in [3.63, 3.8) is 0 Å². The van der Waals surface area contributed by atoms with Crippen molar-refractivity contribution in [1.29, 1.82) is 0 Å². The van der Waals surface area contributed by atoms with E-state index in [1.165, 1.54) is 5.56 Å². The summed E-state index contributed by atoms with van der Waals surface area (Å²) < 4.78 is 10.1. The summed E-state index contributed by atoms with van der Waals surface area (Å²) in [5, 5.41) is 3.37. The Morgan fingerprint density at radius 1 is 1.20 bits per heavy atom. The summed E-state index contributed by atoms with van der Waals surface area (Å²) >= 11 is 0. The first-order valence-corrected chi connectivity index (χ1v) is 5.14. The molecule has 0 aliphatic heterocycles. The summed E-state index contributed by atoms with van der Waals surface area (Å²) in [7, 11) is 3.38. The molecule has 0 saturated carbocycles. The van der Waals surface area contributed by atoms with E-state index < -0.39 is 0 Å². The van der Waals surface area contributed by atoms with E-state index in [9.17, 15) is 0 Å². The third kappa shape index (κ3) is 3.90. The predicted molar refractivity (Wildman–Crippen MR) is 61.3 cm³/mol. The molecule has 1 rings (SSSR count). The van der Waals surface area contributed by atoms with Gasteiger partial charge < -0.3 is 14.8 Å². The molecule has 15 heavy (non-hydrogen) atoms. The first kappa shape index (κ1) is 12.0. The minimum Gasteiger partial charge on any atom is -0.497 e. The van der Waals surface area contributed by atoms with Gasteiger partial charge in [0.15, 0.2) is 0 Å². The van der Waals surface area contributed by atoms with E-state index in [1.54, 1.807) is 14.2 Å². The molecular weight excluding hydrogens is 190 g/mol. The SMILES string of the molecule is COCCN[C@H](C)c1ccc(OC)cc1. The maximum Gasteiger partial charge on any atom is 0.118 e. The molecule has 0 heterocycles. The molecule has 1 aromatic rings. The Morgan fingerprint density at radius 3 is 2.40 bits per heavy atom. The lowest BCUT2D eigenvalue weighted by molar-refractivity contribution is 0.196. The molecule has 1 N–H and O–H groups in total. The van der Waals surface area contributed by atoms with Gasteiger partial charge in [-0.3, -0.25) is 0 Å². The summed E-state index contributed by atoms with van der Waals surface area (Å²) in [5.41, 5.74) is 1.26. The van der Waals surface area contributed by atoms with E-state index >= 15 is 0 Å². The van der Waals surface area contributed by atoms with Gasteiger partial charge in [0.1, 0.15) is 5.75 Å². The molecule has 0 aliphatic carbocycles. The maximum atomic E-state index is 5.11. The van der Waals surface area contributed by atoms with Crippen molar-refractivity contribution < 1.29 is 9.47 Å². The van der Waals surface area contributed by atoms with Crippen LogP contribution in [0.5, 0.6) is 5.75 Å². The Bertz CT molecular complexity index is 271. The fraction of sp³-hybridized carbons (Fsp3) is 0.500. The van der Waals surface area contributed by atoms with E-state index in [2.05, 4.69) is 24.4 Å². The van der Waals surface area contributed by atoms with Crippen LogP contribution < -0.4 is 10.1 Å². The van der Waals surface area contributed by atoms with Crippen LogP contribution in [0.25, 0.3) is 0 Å². The van der Waals surface area contributed by atoms with Crippen molar-refractivity contribution in [2.75, 3.05) is 27.4 Å². The zero-order chi connectivity index (χ0) is 11.1. The van der Waals surface area contributed by atoms with Gasteiger partial charge >= 0.3 is 0 Å². The van der Waals surface area contributed by atoms with Gasteiger partial charge in [0.2, 0.25) is 0 Å². The van der Waals surface area contributed by atoms with Crippen LogP contribution >= 0.6 is 0 Å². The lowest BCUT2D eigenvalue weighted by atomic mass is 10.1. The van der Waals surface area contributed by atoms with Crippen molar-refractivity contribution in [3.05, 3.63) is 29.8 Å². The molecule has 0 aliphatic rings. The molecule has 84 valence electrons. The van der Waals surface area contributed by atoms with Crippen LogP contribution in [0, 0.1) is 0 Å². The molecule has 0 spiro atoms. The van der Waals surface area contributed by atoms with E-state index in [-0.39, 0.29) is 0 Å². The number of rotatable bonds is 6. The lowest BCUT2D eigenvalue weighted by Crippen LogP contribution is -2.22. The highest BCUT2D eigenvalue weighted by Crippen LogP contribution is 2.16. The number of hydrogen-bond acceptors (Lipinski definition) is 3. The molecule has 0 bridgehead atoms. The fourth-order valence-corrected chi connectivity index (χ4v) is 1.39. The first-order valence-electron chi connectivity index (χ1n) is 5.14. The van der Waals surface area contributed by atoms with Crippen LogP contribution in [0.4, 0.5) is 0 Å². The van der Waals surface area contributed by atoms with Gasteiger partial charge in [-0.1, -0.05) is 12.1 Å². The first-order chi connectivity index (χ1) is 7.27. The number of benzene rings is 1. The van der Waals surface area contributed by atoms with Crippen molar-refractivity contribution in [2.24, 2.45) is 0 Å². The van der Waals surface area contributed by atoms with Crippen LogP contribution in [-0.2, 0) is 4.74 Å². The minimum atomic E-state index is 0.339. The second-order valence-electron chi connectivity index (χ2n) is 3.44. The highest BCUT2D eigenvalue weighted by Gasteiger charge is 2.03. The second kappa shape index (κ2) is 6.43. The summed E-state index contributed by atoms with van der Waals surface area (Å²) in [6.07, 6.45) is 0. The fourth-order valence-electron chi connectivity index (χ4n) is 1.39. The highest BCUT2D eigenvalue weighted by molar-refractivity contribution is 5.28. The maximum absolute atomic E-state index is 5.11. The molecule has 1 aromatic carbocycles. The molecule has 0 aromatic heterocycles. The van der Waals surface area contributed by atoms with Crippen LogP contribution in [0.1, 0.15) is 18.5 Å². The van der Waals surface area contributed by atoms with E-state index in [1.807, 2.05) is 12.1 Å². The summed E-state index contributed by atoms with van der Waals surface area (Å²) in [4.78, 5) is 0. The Labute approximate surface area is 91.4 Å². The van der Waals surface area contributed by atoms with Gasteiger partial charge in [-0.2, -0.15) is 0 Å². The van der Waals surface area contributed by atoms with Crippen LogP contribution in [0.2, 0.25) is 0 Å². The normalized spacial score (nSPS) is 12.5. The van der Waals surface area contributed by atoms with Gasteiger partial charge in [0, 0.05) is 19.7 Å². The standard InChI is InChI=1S/C12H19NO2/c1-10(13-8-9-14-2)11-4-6-12(15-3)7-5-11/h4-7,10,13H,8-9H2,1-3H3/t10-/m1/s1.